The van der Waals surface area contributed by atoms with Gasteiger partial charge in [0.05, 0.1) is 5.56 Å². The number of hydrogen-bond donors (Lipinski definition) is 1. The van der Waals surface area contributed by atoms with Crippen LogP contribution in [-0.4, -0.2) is 11.1 Å². The molecule has 0 unspecified atom stereocenters. The zero-order valence-electron chi connectivity index (χ0n) is 11.5. The van der Waals surface area contributed by atoms with Gasteiger partial charge in [0.25, 0.3) is 0 Å². The lowest BCUT2D eigenvalue weighted by molar-refractivity contribution is 0.0696. The van der Waals surface area contributed by atoms with Crippen LogP contribution in [0.4, 0.5) is 4.39 Å². The smallest absolute Gasteiger partial charge is 0.335 e. The van der Waals surface area contributed by atoms with Crippen LogP contribution in [0.3, 0.4) is 0 Å². The highest BCUT2D eigenvalue weighted by Gasteiger charge is 2.09. The zero-order chi connectivity index (χ0) is 15.2. The molecule has 21 heavy (non-hydrogen) atoms. The Morgan fingerprint density at radius 2 is 2.05 bits per heavy atom. The number of hydrogen-bond acceptors (Lipinski definition) is 2. The van der Waals surface area contributed by atoms with Crippen molar-refractivity contribution in [3.63, 3.8) is 0 Å². The molecule has 2 aromatic carbocycles. The molecule has 0 aliphatic heterocycles. The van der Waals surface area contributed by atoms with Crippen molar-refractivity contribution >= 4 is 12.0 Å². The second-order valence-electron chi connectivity index (χ2n) is 4.44. The first kappa shape index (κ1) is 14.8. The minimum absolute atomic E-state index is 0.0420. The second kappa shape index (κ2) is 6.70. The molecule has 0 radical (unpaired) electrons. The van der Waals surface area contributed by atoms with E-state index in [1.54, 1.807) is 6.07 Å². The van der Waals surface area contributed by atoms with Crippen LogP contribution >= 0.6 is 0 Å². The molecule has 0 atom stereocenters. The molecule has 0 aliphatic carbocycles. The van der Waals surface area contributed by atoms with Crippen molar-refractivity contribution in [3.8, 4) is 5.75 Å². The number of carbonyl (C=O) groups is 1. The Morgan fingerprint density at radius 1 is 1.29 bits per heavy atom. The first-order valence-electron chi connectivity index (χ1n) is 6.48. The van der Waals surface area contributed by atoms with Gasteiger partial charge in [-0.1, -0.05) is 36.4 Å². The summed E-state index contributed by atoms with van der Waals surface area (Å²) < 4.78 is 19.4. The Morgan fingerprint density at radius 3 is 2.71 bits per heavy atom. The van der Waals surface area contributed by atoms with Crippen molar-refractivity contribution in [3.05, 3.63) is 71.0 Å². The molecule has 1 N–H and O–H groups in total. The summed E-state index contributed by atoms with van der Waals surface area (Å²) in [5.74, 6) is -1.09. The topological polar surface area (TPSA) is 46.5 Å². The van der Waals surface area contributed by atoms with Gasteiger partial charge in [0.15, 0.2) is 0 Å². The van der Waals surface area contributed by atoms with Crippen molar-refractivity contribution in [2.24, 2.45) is 0 Å². The molecule has 0 amide bonds. The number of carboxylic acid groups (broad SMARTS) is 1. The lowest BCUT2D eigenvalue weighted by Gasteiger charge is -2.10. The summed E-state index contributed by atoms with van der Waals surface area (Å²) in [5.41, 5.74) is 1.14. The number of benzene rings is 2. The molecule has 0 saturated heterocycles. The van der Waals surface area contributed by atoms with E-state index in [1.165, 1.54) is 12.1 Å². The van der Waals surface area contributed by atoms with Gasteiger partial charge >= 0.3 is 5.97 Å². The maximum atomic E-state index is 13.8. The number of halogens is 1. The van der Waals surface area contributed by atoms with Crippen molar-refractivity contribution in [1.29, 1.82) is 0 Å². The first-order valence-corrected chi connectivity index (χ1v) is 6.48. The molecule has 2 aromatic rings. The van der Waals surface area contributed by atoms with Crippen LogP contribution in [0.2, 0.25) is 0 Å². The van der Waals surface area contributed by atoms with Crippen molar-refractivity contribution < 1.29 is 19.0 Å². The minimum Gasteiger partial charge on any atom is -0.488 e. The fourth-order valence-corrected chi connectivity index (χ4v) is 1.88. The van der Waals surface area contributed by atoms with E-state index in [4.69, 9.17) is 9.84 Å². The average molecular weight is 286 g/mol. The largest absolute Gasteiger partial charge is 0.488 e. The van der Waals surface area contributed by atoms with Gasteiger partial charge < -0.3 is 9.84 Å². The maximum absolute atomic E-state index is 13.8. The van der Waals surface area contributed by atoms with Crippen LogP contribution in [-0.2, 0) is 6.61 Å². The van der Waals surface area contributed by atoms with Gasteiger partial charge in [-0.15, -0.1) is 0 Å². The van der Waals surface area contributed by atoms with Gasteiger partial charge in [-0.3, -0.25) is 0 Å². The summed E-state index contributed by atoms with van der Waals surface area (Å²) >= 11 is 0. The van der Waals surface area contributed by atoms with Gasteiger partial charge in [0, 0.05) is 11.1 Å². The molecule has 108 valence electrons. The first-order chi connectivity index (χ1) is 10.1. The monoisotopic (exact) mass is 286 g/mol. The molecule has 0 spiro atoms. The fourth-order valence-electron chi connectivity index (χ4n) is 1.88. The molecule has 0 saturated carbocycles. The molecule has 0 fully saturated rings. The van der Waals surface area contributed by atoms with Crippen LogP contribution < -0.4 is 4.74 Å². The van der Waals surface area contributed by atoms with Gasteiger partial charge in [-0.2, -0.15) is 0 Å². The van der Waals surface area contributed by atoms with Crippen molar-refractivity contribution in [1.82, 2.24) is 0 Å². The van der Waals surface area contributed by atoms with E-state index in [0.717, 1.165) is 11.6 Å². The Hall–Kier alpha value is -2.62. The third-order valence-electron chi connectivity index (χ3n) is 2.95. The van der Waals surface area contributed by atoms with E-state index < -0.39 is 11.8 Å². The number of aromatic carboxylic acids is 1. The van der Waals surface area contributed by atoms with Gasteiger partial charge in [0.1, 0.15) is 18.2 Å². The molecule has 2 rings (SSSR count). The van der Waals surface area contributed by atoms with E-state index in [1.807, 2.05) is 37.3 Å². The van der Waals surface area contributed by atoms with Crippen LogP contribution in [0, 0.1) is 5.82 Å². The highest BCUT2D eigenvalue weighted by Crippen LogP contribution is 2.21. The SMILES string of the molecule is CC=Cc1ccccc1OCc1ccc(C(=O)O)cc1F. The number of carboxylic acids is 1. The fraction of sp³-hybridized carbons (Fsp3) is 0.118. The molecular formula is C17H15FO3. The molecular weight excluding hydrogens is 271 g/mol. The highest BCUT2D eigenvalue weighted by atomic mass is 19.1. The summed E-state index contributed by atoms with van der Waals surface area (Å²) in [4.78, 5) is 10.8. The lowest BCUT2D eigenvalue weighted by atomic mass is 10.1. The van der Waals surface area contributed by atoms with Crippen LogP contribution in [0.25, 0.3) is 6.08 Å². The predicted octanol–water partition coefficient (Wildman–Crippen LogP) is 4.14. The quantitative estimate of drug-likeness (QED) is 0.898. The van der Waals surface area contributed by atoms with Crippen LogP contribution in [0.15, 0.2) is 48.5 Å². The zero-order valence-corrected chi connectivity index (χ0v) is 11.5. The summed E-state index contributed by atoms with van der Waals surface area (Å²) in [6.45, 7) is 1.95. The third kappa shape index (κ3) is 3.69. The molecule has 0 aromatic heterocycles. The average Bonchev–Trinajstić information content (AvgIpc) is 2.47. The van der Waals surface area contributed by atoms with Gasteiger partial charge in [-0.25, -0.2) is 9.18 Å². The van der Waals surface area contributed by atoms with Crippen molar-refractivity contribution in [2.45, 2.75) is 13.5 Å². The van der Waals surface area contributed by atoms with Crippen LogP contribution in [0.5, 0.6) is 5.75 Å². The normalized spacial score (nSPS) is 10.8. The van der Waals surface area contributed by atoms with E-state index in [-0.39, 0.29) is 12.2 Å². The van der Waals surface area contributed by atoms with Gasteiger partial charge in [-0.05, 0) is 25.1 Å². The number of rotatable bonds is 5. The Bertz CT molecular complexity index is 677. The standard InChI is InChI=1S/C17H15FO3/c1-2-5-12-6-3-4-7-16(12)21-11-14-9-8-13(17(19)20)10-15(14)18/h2-10H,11H2,1H3,(H,19,20). The molecule has 0 bridgehead atoms. The van der Waals surface area contributed by atoms with Gasteiger partial charge in [0.2, 0.25) is 0 Å². The maximum Gasteiger partial charge on any atom is 0.335 e. The molecule has 3 nitrogen and oxygen atoms in total. The number of ether oxygens (including phenoxy) is 1. The molecule has 0 heterocycles. The third-order valence-corrected chi connectivity index (χ3v) is 2.95. The Kier molecular flexibility index (Phi) is 4.72. The van der Waals surface area contributed by atoms with Crippen molar-refractivity contribution in [2.75, 3.05) is 0 Å². The number of allylic oxidation sites excluding steroid dienone is 1. The Balaban J connectivity index is 2.15. The minimum atomic E-state index is -1.15. The Labute approximate surface area is 122 Å². The summed E-state index contributed by atoms with van der Waals surface area (Å²) in [6, 6.07) is 11.2. The summed E-state index contributed by atoms with van der Waals surface area (Å²) in [5, 5.41) is 8.80. The van der Waals surface area contributed by atoms with E-state index >= 15 is 0 Å². The van der Waals surface area contributed by atoms with E-state index in [0.29, 0.717) is 11.3 Å². The molecule has 0 aliphatic rings. The predicted molar refractivity (Wildman–Crippen MR) is 78.8 cm³/mol. The van der Waals surface area contributed by atoms with Crippen LogP contribution in [0.1, 0.15) is 28.4 Å². The second-order valence-corrected chi connectivity index (χ2v) is 4.44. The van der Waals surface area contributed by atoms with E-state index in [9.17, 15) is 9.18 Å². The summed E-state index contributed by atoms with van der Waals surface area (Å²) in [7, 11) is 0. The van der Waals surface area contributed by atoms with E-state index in [2.05, 4.69) is 0 Å². The lowest BCUT2D eigenvalue weighted by Crippen LogP contribution is -2.03. The molecule has 4 heteroatoms. The number of para-hydroxylation sites is 1. The summed E-state index contributed by atoms with van der Waals surface area (Å²) in [6.07, 6.45) is 3.80. The highest BCUT2D eigenvalue weighted by molar-refractivity contribution is 5.87.